The Hall–Kier alpha value is -1.62. The molecule has 0 fully saturated rings. The van der Waals surface area contributed by atoms with E-state index in [1.807, 2.05) is 19.1 Å². The predicted octanol–water partition coefficient (Wildman–Crippen LogP) is 2.04. The lowest BCUT2D eigenvalue weighted by Gasteiger charge is -2.14. The van der Waals surface area contributed by atoms with Crippen LogP contribution in [0.3, 0.4) is 0 Å². The highest BCUT2D eigenvalue weighted by Gasteiger charge is 2.09. The quantitative estimate of drug-likeness (QED) is 0.770. The molecule has 0 bridgehead atoms. The summed E-state index contributed by atoms with van der Waals surface area (Å²) < 4.78 is 5.60. The zero-order valence-corrected chi connectivity index (χ0v) is 13.7. The maximum absolute atomic E-state index is 11.7. The molecule has 0 radical (unpaired) electrons. The van der Waals surface area contributed by atoms with E-state index >= 15 is 0 Å². The Kier molecular flexibility index (Phi) is 7.15. The van der Waals surface area contributed by atoms with E-state index in [1.165, 1.54) is 0 Å². The topological polar surface area (TPSA) is 63.2 Å². The number of hydrogen-bond acceptors (Lipinski definition) is 4. The fourth-order valence-electron chi connectivity index (χ4n) is 1.67. The van der Waals surface area contributed by atoms with Gasteiger partial charge in [-0.05, 0) is 25.0 Å². The van der Waals surface area contributed by atoms with Gasteiger partial charge in [-0.15, -0.1) is 0 Å². The first kappa shape index (κ1) is 17.4. The van der Waals surface area contributed by atoms with Gasteiger partial charge in [0.25, 0.3) is 5.91 Å². The molecule has 118 valence electrons. The second kappa shape index (κ2) is 8.62. The second-order valence-corrected chi connectivity index (χ2v) is 5.92. The number of nitrogens with zero attached hydrogens (tertiary/aromatic N) is 1. The van der Waals surface area contributed by atoms with Gasteiger partial charge in [-0.2, -0.15) is 0 Å². The molecule has 1 heterocycles. The Morgan fingerprint density at radius 3 is 2.62 bits per heavy atom. The maximum Gasteiger partial charge on any atom is 0.257 e. The summed E-state index contributed by atoms with van der Waals surface area (Å²) in [6.07, 6.45) is 0. The van der Waals surface area contributed by atoms with Crippen molar-refractivity contribution in [2.45, 2.75) is 47.2 Å². The van der Waals surface area contributed by atoms with Gasteiger partial charge in [0.05, 0.1) is 5.69 Å². The van der Waals surface area contributed by atoms with Crippen LogP contribution in [0.1, 0.15) is 39.1 Å². The molecule has 1 aromatic rings. The molecule has 5 nitrogen and oxygen atoms in total. The number of rotatable bonds is 8. The molecule has 0 spiro atoms. The molecule has 0 aliphatic heterocycles. The summed E-state index contributed by atoms with van der Waals surface area (Å²) in [6.45, 7) is 11.5. The van der Waals surface area contributed by atoms with Crippen LogP contribution in [0.15, 0.2) is 12.1 Å². The molecule has 1 amide bonds. The Morgan fingerprint density at radius 1 is 1.29 bits per heavy atom. The molecule has 1 rings (SSSR count). The monoisotopic (exact) mass is 293 g/mol. The summed E-state index contributed by atoms with van der Waals surface area (Å²) >= 11 is 0. The minimum atomic E-state index is -0.105. The lowest BCUT2D eigenvalue weighted by atomic mass is 10.2. The van der Waals surface area contributed by atoms with E-state index in [9.17, 15) is 4.79 Å². The van der Waals surface area contributed by atoms with Crippen molar-refractivity contribution >= 4 is 5.91 Å². The van der Waals surface area contributed by atoms with E-state index in [2.05, 4.69) is 43.3 Å². The van der Waals surface area contributed by atoms with Crippen LogP contribution in [-0.4, -0.2) is 30.1 Å². The second-order valence-electron chi connectivity index (χ2n) is 5.92. The van der Waals surface area contributed by atoms with Crippen molar-refractivity contribution in [2.75, 3.05) is 13.2 Å². The van der Waals surface area contributed by atoms with Crippen LogP contribution in [0.5, 0.6) is 5.75 Å². The number of aryl methyl sites for hydroxylation is 1. The predicted molar refractivity (Wildman–Crippen MR) is 84.3 cm³/mol. The van der Waals surface area contributed by atoms with Crippen LogP contribution < -0.4 is 15.4 Å². The summed E-state index contributed by atoms with van der Waals surface area (Å²) in [5.41, 5.74) is 1.77. The van der Waals surface area contributed by atoms with Gasteiger partial charge in [-0.3, -0.25) is 9.78 Å². The van der Waals surface area contributed by atoms with Crippen molar-refractivity contribution in [3.8, 4) is 5.75 Å². The molecule has 0 aromatic carbocycles. The third-order valence-electron chi connectivity index (χ3n) is 2.82. The van der Waals surface area contributed by atoms with Gasteiger partial charge in [0, 0.05) is 24.8 Å². The Bertz CT molecular complexity index is 459. The van der Waals surface area contributed by atoms with Gasteiger partial charge >= 0.3 is 0 Å². The first-order valence-electron chi connectivity index (χ1n) is 7.48. The van der Waals surface area contributed by atoms with E-state index in [0.717, 1.165) is 11.4 Å². The number of amides is 1. The van der Waals surface area contributed by atoms with Gasteiger partial charge in [-0.1, -0.05) is 27.7 Å². The number of ether oxygens (including phenoxy) is 1. The highest BCUT2D eigenvalue weighted by Crippen LogP contribution is 2.17. The van der Waals surface area contributed by atoms with Crippen molar-refractivity contribution in [1.82, 2.24) is 15.6 Å². The summed E-state index contributed by atoms with van der Waals surface area (Å²) in [7, 11) is 0. The minimum absolute atomic E-state index is 0.0200. The summed E-state index contributed by atoms with van der Waals surface area (Å²) in [6, 6.07) is 4.13. The molecule has 0 aliphatic rings. The summed E-state index contributed by atoms with van der Waals surface area (Å²) in [4.78, 5) is 16.2. The zero-order chi connectivity index (χ0) is 15.8. The molecule has 0 aliphatic carbocycles. The van der Waals surface area contributed by atoms with E-state index in [1.54, 1.807) is 0 Å². The Labute approximate surface area is 127 Å². The molecule has 0 saturated carbocycles. The molecule has 1 aromatic heterocycles. The average molecular weight is 293 g/mol. The van der Waals surface area contributed by atoms with Crippen LogP contribution in [-0.2, 0) is 11.3 Å². The van der Waals surface area contributed by atoms with E-state index in [-0.39, 0.29) is 12.5 Å². The van der Waals surface area contributed by atoms with Crippen LogP contribution in [0.2, 0.25) is 0 Å². The number of carbonyl (C=O) groups is 1. The van der Waals surface area contributed by atoms with Crippen molar-refractivity contribution in [3.05, 3.63) is 23.5 Å². The molecular weight excluding hydrogens is 266 g/mol. The largest absolute Gasteiger partial charge is 0.482 e. The zero-order valence-electron chi connectivity index (χ0n) is 13.7. The Balaban J connectivity index is 2.59. The molecule has 0 saturated heterocycles. The van der Waals surface area contributed by atoms with Crippen molar-refractivity contribution in [3.63, 3.8) is 0 Å². The van der Waals surface area contributed by atoms with Crippen LogP contribution >= 0.6 is 0 Å². The molecule has 0 unspecified atom stereocenters. The Morgan fingerprint density at radius 2 is 2.00 bits per heavy atom. The van der Waals surface area contributed by atoms with Crippen molar-refractivity contribution in [2.24, 2.45) is 5.92 Å². The van der Waals surface area contributed by atoms with Gasteiger partial charge in [0.2, 0.25) is 0 Å². The first-order valence-corrected chi connectivity index (χ1v) is 7.48. The number of aromatic nitrogens is 1. The normalized spacial score (nSPS) is 11.0. The number of pyridine rings is 1. The fourth-order valence-corrected chi connectivity index (χ4v) is 1.67. The lowest BCUT2D eigenvalue weighted by Crippen LogP contribution is -2.32. The lowest BCUT2D eigenvalue weighted by molar-refractivity contribution is -0.123. The molecule has 21 heavy (non-hydrogen) atoms. The summed E-state index contributed by atoms with van der Waals surface area (Å²) in [5.74, 6) is 0.987. The van der Waals surface area contributed by atoms with Gasteiger partial charge < -0.3 is 15.4 Å². The highest BCUT2D eigenvalue weighted by molar-refractivity contribution is 5.77. The molecule has 5 heteroatoms. The first-order chi connectivity index (χ1) is 9.88. The van der Waals surface area contributed by atoms with Crippen LogP contribution in [0.4, 0.5) is 0 Å². The smallest absolute Gasteiger partial charge is 0.257 e. The van der Waals surface area contributed by atoms with E-state index in [0.29, 0.717) is 30.8 Å². The average Bonchev–Trinajstić information content (AvgIpc) is 2.41. The number of hydrogen-bond donors (Lipinski definition) is 2. The summed E-state index contributed by atoms with van der Waals surface area (Å²) in [5, 5.41) is 6.15. The molecule has 0 atom stereocenters. The number of nitrogens with one attached hydrogen (secondary N) is 2. The van der Waals surface area contributed by atoms with Crippen molar-refractivity contribution in [1.29, 1.82) is 0 Å². The minimum Gasteiger partial charge on any atom is -0.482 e. The van der Waals surface area contributed by atoms with Gasteiger partial charge in [0.1, 0.15) is 5.75 Å². The van der Waals surface area contributed by atoms with Crippen LogP contribution in [0, 0.1) is 12.8 Å². The fraction of sp³-hybridized carbons (Fsp3) is 0.625. The van der Waals surface area contributed by atoms with E-state index < -0.39 is 0 Å². The van der Waals surface area contributed by atoms with Crippen molar-refractivity contribution < 1.29 is 9.53 Å². The van der Waals surface area contributed by atoms with Crippen LogP contribution in [0.25, 0.3) is 0 Å². The van der Waals surface area contributed by atoms with Gasteiger partial charge in [0.15, 0.2) is 6.61 Å². The SMILES string of the molecule is Cc1ccc(OCC(=O)NCC(C)C)c(CNC(C)C)n1. The third-order valence-corrected chi connectivity index (χ3v) is 2.82. The third kappa shape index (κ3) is 7.09. The molecular formula is C16H27N3O2. The van der Waals surface area contributed by atoms with Gasteiger partial charge in [-0.25, -0.2) is 0 Å². The maximum atomic E-state index is 11.7. The van der Waals surface area contributed by atoms with E-state index in [4.69, 9.17) is 4.74 Å². The highest BCUT2D eigenvalue weighted by atomic mass is 16.5. The molecule has 2 N–H and O–H groups in total. The number of carbonyl (C=O) groups excluding carboxylic acids is 1. The standard InChI is InChI=1S/C16H27N3O2/c1-11(2)8-18-16(20)10-21-15-7-6-13(5)19-14(15)9-17-12(3)4/h6-7,11-12,17H,8-10H2,1-5H3,(H,18,20).